The highest BCUT2D eigenvalue weighted by atomic mass is 35.5. The number of rotatable bonds is 2. The van der Waals surface area contributed by atoms with Crippen LogP contribution in [0.4, 0.5) is 0 Å². The van der Waals surface area contributed by atoms with Gasteiger partial charge >= 0.3 is 0 Å². The molecule has 1 atom stereocenters. The second-order valence-electron chi connectivity index (χ2n) is 3.51. The van der Waals surface area contributed by atoms with Crippen LogP contribution in [0, 0.1) is 6.92 Å². The summed E-state index contributed by atoms with van der Waals surface area (Å²) in [4.78, 5) is 1.31. The van der Waals surface area contributed by atoms with Gasteiger partial charge in [0.05, 0.1) is 0 Å². The zero-order chi connectivity index (χ0) is 9.97. The van der Waals surface area contributed by atoms with Crippen LogP contribution in [0.1, 0.15) is 12.0 Å². The Morgan fingerprint density at radius 1 is 1.50 bits per heavy atom. The van der Waals surface area contributed by atoms with E-state index in [1.165, 1.54) is 22.8 Å². The van der Waals surface area contributed by atoms with Gasteiger partial charge < -0.3 is 0 Å². The molecule has 1 aromatic carbocycles. The molecule has 0 spiro atoms. The van der Waals surface area contributed by atoms with Gasteiger partial charge in [0.1, 0.15) is 0 Å². The lowest BCUT2D eigenvalue weighted by atomic mass is 10.2. The van der Waals surface area contributed by atoms with E-state index >= 15 is 0 Å². The van der Waals surface area contributed by atoms with E-state index in [9.17, 15) is 0 Å². The van der Waals surface area contributed by atoms with Crippen molar-refractivity contribution in [1.29, 1.82) is 0 Å². The summed E-state index contributed by atoms with van der Waals surface area (Å²) in [6, 6.07) is 6.37. The smallest absolute Gasteiger partial charge is 0.0446 e. The number of aryl methyl sites for hydroxylation is 1. The third-order valence-corrected chi connectivity index (χ3v) is 5.38. The molecule has 0 amide bonds. The molecule has 0 saturated carbocycles. The Morgan fingerprint density at radius 3 is 3.00 bits per heavy atom. The predicted octanol–water partition coefficient (Wildman–Crippen LogP) is 4.25. The standard InChI is InChI=1S/C11H13ClS2/c1-8-2-3-9(6-11(8)12)14-10-4-5-13-7-10/h2-3,6,10H,4-5,7H2,1H3. The Kier molecular flexibility index (Phi) is 3.69. The summed E-state index contributed by atoms with van der Waals surface area (Å²) in [5.74, 6) is 2.60. The minimum Gasteiger partial charge on any atom is -0.161 e. The van der Waals surface area contributed by atoms with E-state index in [2.05, 4.69) is 30.0 Å². The highest BCUT2D eigenvalue weighted by Crippen LogP contribution is 2.34. The number of halogens is 1. The molecule has 0 aliphatic carbocycles. The summed E-state index contributed by atoms with van der Waals surface area (Å²) in [7, 11) is 0. The minimum absolute atomic E-state index is 0.791. The van der Waals surface area contributed by atoms with Crippen LogP contribution in [0.25, 0.3) is 0 Å². The normalized spacial score (nSPS) is 21.4. The molecule has 0 bridgehead atoms. The van der Waals surface area contributed by atoms with E-state index in [1.54, 1.807) is 0 Å². The van der Waals surface area contributed by atoms with Crippen molar-refractivity contribution in [2.45, 2.75) is 23.5 Å². The summed E-state index contributed by atoms with van der Waals surface area (Å²) in [5.41, 5.74) is 1.16. The molecule has 0 nitrogen and oxygen atoms in total. The lowest BCUT2D eigenvalue weighted by Gasteiger charge is -2.08. The van der Waals surface area contributed by atoms with Crippen molar-refractivity contribution in [2.24, 2.45) is 0 Å². The van der Waals surface area contributed by atoms with E-state index in [-0.39, 0.29) is 0 Å². The number of hydrogen-bond acceptors (Lipinski definition) is 2. The van der Waals surface area contributed by atoms with Crippen molar-refractivity contribution in [2.75, 3.05) is 11.5 Å². The SMILES string of the molecule is Cc1ccc(SC2CCSC2)cc1Cl. The Morgan fingerprint density at radius 2 is 2.36 bits per heavy atom. The molecule has 1 unspecified atom stereocenters. The van der Waals surface area contributed by atoms with E-state index in [0.29, 0.717) is 0 Å². The maximum absolute atomic E-state index is 6.08. The molecular formula is C11H13ClS2. The van der Waals surface area contributed by atoms with Crippen LogP contribution in [0.2, 0.25) is 5.02 Å². The van der Waals surface area contributed by atoms with Gasteiger partial charge in [-0.05, 0) is 36.8 Å². The topological polar surface area (TPSA) is 0 Å². The van der Waals surface area contributed by atoms with Crippen LogP contribution in [-0.2, 0) is 0 Å². The highest BCUT2D eigenvalue weighted by Gasteiger charge is 2.16. The zero-order valence-corrected chi connectivity index (χ0v) is 10.5. The van der Waals surface area contributed by atoms with Crippen molar-refractivity contribution in [1.82, 2.24) is 0 Å². The quantitative estimate of drug-likeness (QED) is 0.763. The van der Waals surface area contributed by atoms with Gasteiger partial charge in [0.15, 0.2) is 0 Å². The molecule has 0 aromatic heterocycles. The summed E-state index contributed by atoms with van der Waals surface area (Å²) in [6.07, 6.45) is 1.33. The van der Waals surface area contributed by atoms with Gasteiger partial charge in [-0.1, -0.05) is 17.7 Å². The second-order valence-corrected chi connectivity index (χ2v) is 6.45. The van der Waals surface area contributed by atoms with Crippen LogP contribution < -0.4 is 0 Å². The average Bonchev–Trinajstić information content (AvgIpc) is 2.64. The molecule has 1 aliphatic heterocycles. The Balaban J connectivity index is 2.05. The van der Waals surface area contributed by atoms with E-state index < -0.39 is 0 Å². The summed E-state index contributed by atoms with van der Waals surface area (Å²) in [6.45, 7) is 2.04. The van der Waals surface area contributed by atoms with E-state index in [1.807, 2.05) is 18.7 Å². The molecule has 1 fully saturated rings. The molecule has 1 saturated heterocycles. The molecule has 1 heterocycles. The van der Waals surface area contributed by atoms with Crippen LogP contribution in [0.15, 0.2) is 23.1 Å². The largest absolute Gasteiger partial charge is 0.161 e. The van der Waals surface area contributed by atoms with Gasteiger partial charge in [0.25, 0.3) is 0 Å². The van der Waals surface area contributed by atoms with Crippen molar-refractivity contribution in [3.63, 3.8) is 0 Å². The lowest BCUT2D eigenvalue weighted by molar-refractivity contribution is 0.969. The number of thioether (sulfide) groups is 2. The zero-order valence-electron chi connectivity index (χ0n) is 8.13. The Labute approximate surface area is 98.8 Å². The molecule has 2 rings (SSSR count). The molecule has 0 N–H and O–H groups in total. The van der Waals surface area contributed by atoms with Gasteiger partial charge in [0, 0.05) is 20.9 Å². The third-order valence-electron chi connectivity index (χ3n) is 2.33. The van der Waals surface area contributed by atoms with Gasteiger partial charge in [-0.3, -0.25) is 0 Å². The van der Waals surface area contributed by atoms with Crippen molar-refractivity contribution in [3.8, 4) is 0 Å². The van der Waals surface area contributed by atoms with Gasteiger partial charge in [-0.15, -0.1) is 11.8 Å². The molecule has 1 aliphatic rings. The monoisotopic (exact) mass is 244 g/mol. The van der Waals surface area contributed by atoms with Crippen molar-refractivity contribution in [3.05, 3.63) is 28.8 Å². The molecular weight excluding hydrogens is 232 g/mol. The maximum atomic E-state index is 6.08. The first-order valence-electron chi connectivity index (χ1n) is 4.76. The van der Waals surface area contributed by atoms with E-state index in [0.717, 1.165) is 15.8 Å². The van der Waals surface area contributed by atoms with Crippen LogP contribution in [0.5, 0.6) is 0 Å². The molecule has 0 radical (unpaired) electrons. The summed E-state index contributed by atoms with van der Waals surface area (Å²) < 4.78 is 0. The molecule has 14 heavy (non-hydrogen) atoms. The van der Waals surface area contributed by atoms with Gasteiger partial charge in [0.2, 0.25) is 0 Å². The molecule has 76 valence electrons. The maximum Gasteiger partial charge on any atom is 0.0446 e. The molecule has 3 heteroatoms. The third kappa shape index (κ3) is 2.62. The Hall–Kier alpha value is 0.210. The minimum atomic E-state index is 0.791. The van der Waals surface area contributed by atoms with Crippen LogP contribution in [-0.4, -0.2) is 16.8 Å². The second kappa shape index (κ2) is 4.82. The fraction of sp³-hybridized carbons (Fsp3) is 0.455. The van der Waals surface area contributed by atoms with Crippen molar-refractivity contribution < 1.29 is 0 Å². The average molecular weight is 245 g/mol. The fourth-order valence-corrected chi connectivity index (χ4v) is 4.40. The van der Waals surface area contributed by atoms with E-state index in [4.69, 9.17) is 11.6 Å². The first-order valence-corrected chi connectivity index (χ1v) is 7.17. The molecule has 1 aromatic rings. The highest BCUT2D eigenvalue weighted by molar-refractivity contribution is 8.04. The van der Waals surface area contributed by atoms with Gasteiger partial charge in [-0.25, -0.2) is 0 Å². The summed E-state index contributed by atoms with van der Waals surface area (Å²) in [5, 5.41) is 1.68. The predicted molar refractivity (Wildman–Crippen MR) is 67.8 cm³/mol. The van der Waals surface area contributed by atoms with Crippen LogP contribution >= 0.6 is 35.1 Å². The lowest BCUT2D eigenvalue weighted by Crippen LogP contribution is -1.98. The van der Waals surface area contributed by atoms with Gasteiger partial charge in [-0.2, -0.15) is 11.8 Å². The number of benzene rings is 1. The summed E-state index contributed by atoms with van der Waals surface area (Å²) >= 11 is 10.1. The first kappa shape index (κ1) is 10.7. The first-order chi connectivity index (χ1) is 6.75. The van der Waals surface area contributed by atoms with Crippen molar-refractivity contribution >= 4 is 35.1 Å². The van der Waals surface area contributed by atoms with Crippen LogP contribution in [0.3, 0.4) is 0 Å². The fourth-order valence-electron chi connectivity index (χ4n) is 1.45. The Bertz CT molecular complexity index is 319. The number of hydrogen-bond donors (Lipinski definition) is 0.